The standard InChI is InChI=1S/C18H20N2O/c21-10-9-19-13-17-4-2-1-3-15(17)11-14-5-6-18-16(12-14)7-8-20-18/h1-8,12,19-21H,9-11,13H2. The van der Waals surface area contributed by atoms with E-state index in [1.807, 2.05) is 6.20 Å². The molecule has 0 radical (unpaired) electrons. The van der Waals surface area contributed by atoms with Crippen molar-refractivity contribution in [2.45, 2.75) is 13.0 Å². The van der Waals surface area contributed by atoms with Crippen molar-refractivity contribution in [2.75, 3.05) is 13.2 Å². The molecule has 0 spiro atoms. The van der Waals surface area contributed by atoms with Gasteiger partial charge in [-0.05, 0) is 46.7 Å². The van der Waals surface area contributed by atoms with Crippen LogP contribution >= 0.6 is 0 Å². The van der Waals surface area contributed by atoms with Gasteiger partial charge in [0, 0.05) is 24.8 Å². The summed E-state index contributed by atoms with van der Waals surface area (Å²) in [5, 5.41) is 13.4. The van der Waals surface area contributed by atoms with Gasteiger partial charge in [-0.3, -0.25) is 0 Å². The summed E-state index contributed by atoms with van der Waals surface area (Å²) in [7, 11) is 0. The van der Waals surface area contributed by atoms with Crippen molar-refractivity contribution < 1.29 is 5.11 Å². The molecule has 0 aliphatic rings. The molecule has 108 valence electrons. The van der Waals surface area contributed by atoms with E-state index in [1.54, 1.807) is 0 Å². The third-order valence-corrected chi connectivity index (χ3v) is 3.73. The van der Waals surface area contributed by atoms with Crippen molar-refractivity contribution in [3.05, 3.63) is 71.4 Å². The maximum Gasteiger partial charge on any atom is 0.0556 e. The molecule has 2 aromatic carbocycles. The summed E-state index contributed by atoms with van der Waals surface area (Å²) in [5.41, 5.74) is 5.12. The van der Waals surface area contributed by atoms with Crippen LogP contribution < -0.4 is 5.32 Å². The summed E-state index contributed by atoms with van der Waals surface area (Å²) >= 11 is 0. The number of fused-ring (bicyclic) bond motifs is 1. The Morgan fingerprint density at radius 2 is 1.86 bits per heavy atom. The van der Waals surface area contributed by atoms with Crippen molar-refractivity contribution in [1.82, 2.24) is 10.3 Å². The Bertz CT molecular complexity index is 718. The second kappa shape index (κ2) is 6.57. The Hall–Kier alpha value is -2.10. The highest BCUT2D eigenvalue weighted by molar-refractivity contribution is 5.80. The van der Waals surface area contributed by atoms with Gasteiger partial charge in [0.25, 0.3) is 0 Å². The molecule has 1 heterocycles. The number of rotatable bonds is 6. The predicted octanol–water partition coefficient (Wildman–Crippen LogP) is 2.84. The van der Waals surface area contributed by atoms with Crippen LogP contribution in [0.25, 0.3) is 10.9 Å². The maximum absolute atomic E-state index is 8.86. The van der Waals surface area contributed by atoms with Gasteiger partial charge in [0.15, 0.2) is 0 Å². The van der Waals surface area contributed by atoms with Crippen LogP contribution in [0.2, 0.25) is 0 Å². The highest BCUT2D eigenvalue weighted by Gasteiger charge is 2.04. The molecule has 3 nitrogen and oxygen atoms in total. The maximum atomic E-state index is 8.86. The third-order valence-electron chi connectivity index (χ3n) is 3.73. The van der Waals surface area contributed by atoms with Crippen molar-refractivity contribution >= 4 is 10.9 Å². The monoisotopic (exact) mass is 280 g/mol. The zero-order valence-corrected chi connectivity index (χ0v) is 12.0. The van der Waals surface area contributed by atoms with E-state index in [4.69, 9.17) is 5.11 Å². The number of benzene rings is 2. The number of H-pyrrole nitrogens is 1. The van der Waals surface area contributed by atoms with Gasteiger partial charge < -0.3 is 15.4 Å². The highest BCUT2D eigenvalue weighted by Crippen LogP contribution is 2.19. The third kappa shape index (κ3) is 3.32. The Morgan fingerprint density at radius 1 is 1.00 bits per heavy atom. The minimum atomic E-state index is 0.173. The molecule has 1 aromatic heterocycles. The summed E-state index contributed by atoms with van der Waals surface area (Å²) in [4.78, 5) is 3.22. The van der Waals surface area contributed by atoms with Gasteiger partial charge in [0.1, 0.15) is 0 Å². The Labute approximate surface area is 124 Å². The van der Waals surface area contributed by atoms with Gasteiger partial charge in [0.05, 0.1) is 6.61 Å². The number of aliphatic hydroxyl groups is 1. The molecule has 0 saturated heterocycles. The minimum Gasteiger partial charge on any atom is -0.395 e. The van der Waals surface area contributed by atoms with E-state index in [2.05, 4.69) is 58.8 Å². The molecule has 3 N–H and O–H groups in total. The molecular formula is C18H20N2O. The molecule has 0 fully saturated rings. The smallest absolute Gasteiger partial charge is 0.0556 e. The average molecular weight is 280 g/mol. The molecule has 21 heavy (non-hydrogen) atoms. The van der Waals surface area contributed by atoms with E-state index in [1.165, 1.54) is 27.6 Å². The topological polar surface area (TPSA) is 48.0 Å². The van der Waals surface area contributed by atoms with E-state index in [9.17, 15) is 0 Å². The van der Waals surface area contributed by atoms with Crippen LogP contribution in [-0.4, -0.2) is 23.2 Å². The first-order chi connectivity index (χ1) is 10.4. The highest BCUT2D eigenvalue weighted by atomic mass is 16.3. The molecule has 3 rings (SSSR count). The van der Waals surface area contributed by atoms with E-state index in [0.717, 1.165) is 13.0 Å². The predicted molar refractivity (Wildman–Crippen MR) is 86.3 cm³/mol. The lowest BCUT2D eigenvalue weighted by atomic mass is 9.99. The van der Waals surface area contributed by atoms with Crippen LogP contribution in [-0.2, 0) is 13.0 Å². The lowest BCUT2D eigenvalue weighted by molar-refractivity contribution is 0.292. The molecule has 3 aromatic rings. The van der Waals surface area contributed by atoms with Gasteiger partial charge in [-0.25, -0.2) is 0 Å². The number of hydrogen-bond acceptors (Lipinski definition) is 2. The molecule has 3 heteroatoms. The van der Waals surface area contributed by atoms with E-state index in [-0.39, 0.29) is 6.61 Å². The lowest BCUT2D eigenvalue weighted by Gasteiger charge is -2.10. The second-order valence-electron chi connectivity index (χ2n) is 5.25. The Balaban J connectivity index is 1.80. The molecule has 0 amide bonds. The first kappa shape index (κ1) is 13.9. The van der Waals surface area contributed by atoms with Gasteiger partial charge in [0.2, 0.25) is 0 Å². The average Bonchev–Trinajstić information content (AvgIpc) is 2.97. The van der Waals surface area contributed by atoms with Crippen molar-refractivity contribution in [3.8, 4) is 0 Å². The van der Waals surface area contributed by atoms with Crippen LogP contribution in [0, 0.1) is 0 Å². The summed E-state index contributed by atoms with van der Waals surface area (Å²) in [5.74, 6) is 0. The molecule has 0 atom stereocenters. The fraction of sp³-hybridized carbons (Fsp3) is 0.222. The summed E-state index contributed by atoms with van der Waals surface area (Å²) < 4.78 is 0. The van der Waals surface area contributed by atoms with Crippen molar-refractivity contribution in [2.24, 2.45) is 0 Å². The number of hydrogen-bond donors (Lipinski definition) is 3. The fourth-order valence-electron chi connectivity index (χ4n) is 2.64. The molecule has 0 unspecified atom stereocenters. The molecule has 0 aliphatic heterocycles. The van der Waals surface area contributed by atoms with E-state index < -0.39 is 0 Å². The van der Waals surface area contributed by atoms with Crippen LogP contribution in [0.3, 0.4) is 0 Å². The van der Waals surface area contributed by atoms with E-state index in [0.29, 0.717) is 6.54 Å². The zero-order valence-electron chi connectivity index (χ0n) is 12.0. The Kier molecular flexibility index (Phi) is 4.34. The molecular weight excluding hydrogens is 260 g/mol. The van der Waals surface area contributed by atoms with Gasteiger partial charge >= 0.3 is 0 Å². The van der Waals surface area contributed by atoms with Gasteiger partial charge in [-0.15, -0.1) is 0 Å². The van der Waals surface area contributed by atoms with Crippen LogP contribution in [0.15, 0.2) is 54.7 Å². The minimum absolute atomic E-state index is 0.173. The zero-order chi connectivity index (χ0) is 14.5. The lowest BCUT2D eigenvalue weighted by Crippen LogP contribution is -2.18. The molecule has 0 saturated carbocycles. The van der Waals surface area contributed by atoms with Crippen LogP contribution in [0.5, 0.6) is 0 Å². The number of aromatic amines is 1. The second-order valence-corrected chi connectivity index (χ2v) is 5.25. The number of aromatic nitrogens is 1. The first-order valence-corrected chi connectivity index (χ1v) is 7.31. The van der Waals surface area contributed by atoms with Crippen LogP contribution in [0.4, 0.5) is 0 Å². The Morgan fingerprint density at radius 3 is 2.71 bits per heavy atom. The quantitative estimate of drug-likeness (QED) is 0.608. The van der Waals surface area contributed by atoms with E-state index >= 15 is 0 Å². The normalized spacial score (nSPS) is 11.1. The molecule has 0 aliphatic carbocycles. The fourth-order valence-corrected chi connectivity index (χ4v) is 2.64. The number of aliphatic hydroxyl groups excluding tert-OH is 1. The largest absolute Gasteiger partial charge is 0.395 e. The van der Waals surface area contributed by atoms with Gasteiger partial charge in [-0.1, -0.05) is 30.3 Å². The first-order valence-electron chi connectivity index (χ1n) is 7.31. The van der Waals surface area contributed by atoms with Crippen LogP contribution in [0.1, 0.15) is 16.7 Å². The number of nitrogens with one attached hydrogen (secondary N) is 2. The summed E-state index contributed by atoms with van der Waals surface area (Å²) in [6.45, 7) is 1.60. The summed E-state index contributed by atoms with van der Waals surface area (Å²) in [6.07, 6.45) is 2.90. The summed E-state index contributed by atoms with van der Waals surface area (Å²) in [6, 6.07) is 17.1. The van der Waals surface area contributed by atoms with Crippen molar-refractivity contribution in [1.29, 1.82) is 0 Å². The SMILES string of the molecule is OCCNCc1ccccc1Cc1ccc2[nH]ccc2c1. The van der Waals surface area contributed by atoms with Gasteiger partial charge in [-0.2, -0.15) is 0 Å². The van der Waals surface area contributed by atoms with Crippen molar-refractivity contribution in [3.63, 3.8) is 0 Å². The molecule has 0 bridgehead atoms.